The summed E-state index contributed by atoms with van der Waals surface area (Å²) >= 11 is 5.95. The van der Waals surface area contributed by atoms with Crippen LogP contribution < -0.4 is 15.8 Å². The van der Waals surface area contributed by atoms with Crippen LogP contribution in [0, 0.1) is 5.82 Å². The number of primary amides is 1. The summed E-state index contributed by atoms with van der Waals surface area (Å²) in [5, 5.41) is 2.44. The number of halogens is 5. The quantitative estimate of drug-likeness (QED) is 0.650. The highest BCUT2D eigenvalue weighted by atomic mass is 35.5. The minimum atomic E-state index is -4.58. The summed E-state index contributed by atoms with van der Waals surface area (Å²) in [7, 11) is 0. The first kappa shape index (κ1) is 23.6. The van der Waals surface area contributed by atoms with Crippen LogP contribution >= 0.6 is 11.6 Å². The van der Waals surface area contributed by atoms with E-state index in [-0.39, 0.29) is 29.6 Å². The molecule has 1 saturated heterocycles. The van der Waals surface area contributed by atoms with Crippen molar-refractivity contribution in [3.05, 3.63) is 58.5 Å². The van der Waals surface area contributed by atoms with Gasteiger partial charge in [0.05, 0.1) is 5.02 Å². The number of nitrogens with one attached hydrogen (secondary N) is 1. The Hall–Kier alpha value is -3.08. The number of aromatic nitrogens is 1. The molecule has 12 heteroatoms. The van der Waals surface area contributed by atoms with E-state index in [0.717, 1.165) is 11.0 Å². The van der Waals surface area contributed by atoms with E-state index >= 15 is 0 Å². The Balaban J connectivity index is 2.17. The van der Waals surface area contributed by atoms with E-state index in [0.29, 0.717) is 5.56 Å². The molecule has 3 amide bonds. The van der Waals surface area contributed by atoms with Crippen molar-refractivity contribution in [2.75, 3.05) is 19.7 Å². The van der Waals surface area contributed by atoms with Crippen molar-refractivity contribution < 1.29 is 31.9 Å². The Morgan fingerprint density at radius 1 is 1.34 bits per heavy atom. The molecule has 1 aliphatic rings. The summed E-state index contributed by atoms with van der Waals surface area (Å²) in [5.74, 6) is -2.60. The lowest BCUT2D eigenvalue weighted by atomic mass is 9.73. The van der Waals surface area contributed by atoms with Crippen LogP contribution in [0.15, 0.2) is 36.5 Å². The third-order valence-electron chi connectivity index (χ3n) is 5.22. The van der Waals surface area contributed by atoms with Gasteiger partial charge in [0.25, 0.3) is 0 Å². The first-order chi connectivity index (χ1) is 14.9. The standard InChI is InChI=1S/C20H19ClF4N4O3/c1-19(17(30)28-6-7-29(19)18(26)31)16(11-2-3-14(22)13(21)8-11)12-4-5-27-15(9-12)32-10-20(23,24)25/h2-5,8-9,16H,6-7,10H2,1H3,(H2,26,31)(H,28,30)/t16-,19?/m0/s1. The molecule has 2 atom stereocenters. The van der Waals surface area contributed by atoms with E-state index in [1.807, 2.05) is 0 Å². The maximum absolute atomic E-state index is 13.8. The molecule has 1 aromatic carbocycles. The number of rotatable bonds is 5. The third kappa shape index (κ3) is 4.72. The normalized spacial score (nSPS) is 19.9. The fraction of sp³-hybridized carbons (Fsp3) is 0.350. The Labute approximate surface area is 185 Å². The number of hydrogen-bond donors (Lipinski definition) is 2. The highest BCUT2D eigenvalue weighted by Gasteiger charge is 2.51. The molecule has 32 heavy (non-hydrogen) atoms. The summed E-state index contributed by atoms with van der Waals surface area (Å²) in [6.45, 7) is 0.141. The van der Waals surface area contributed by atoms with Crippen molar-refractivity contribution in [3.8, 4) is 5.88 Å². The third-order valence-corrected chi connectivity index (χ3v) is 5.51. The Kier molecular flexibility index (Phi) is 6.49. The number of carbonyl (C=O) groups is 2. The van der Waals surface area contributed by atoms with Crippen molar-refractivity contribution in [2.24, 2.45) is 5.73 Å². The number of nitrogens with zero attached hydrogens (tertiary/aromatic N) is 2. The zero-order valence-corrected chi connectivity index (χ0v) is 17.5. The number of pyridine rings is 1. The van der Waals surface area contributed by atoms with Crippen LogP contribution in [0.2, 0.25) is 5.02 Å². The van der Waals surface area contributed by atoms with Crippen molar-refractivity contribution >= 4 is 23.5 Å². The van der Waals surface area contributed by atoms with Gasteiger partial charge in [-0.1, -0.05) is 17.7 Å². The van der Waals surface area contributed by atoms with Crippen LogP contribution in [-0.2, 0) is 4.79 Å². The second kappa shape index (κ2) is 8.81. The Morgan fingerprint density at radius 3 is 2.66 bits per heavy atom. The summed E-state index contributed by atoms with van der Waals surface area (Å²) in [6.07, 6.45) is -3.38. The number of hydrogen-bond acceptors (Lipinski definition) is 4. The van der Waals surface area contributed by atoms with E-state index < -0.39 is 42.0 Å². The van der Waals surface area contributed by atoms with E-state index in [1.165, 1.54) is 37.4 Å². The molecule has 0 aliphatic carbocycles. The average molecular weight is 475 g/mol. The van der Waals surface area contributed by atoms with Gasteiger partial charge in [-0.3, -0.25) is 4.79 Å². The molecule has 2 heterocycles. The molecule has 172 valence electrons. The van der Waals surface area contributed by atoms with E-state index in [4.69, 9.17) is 22.1 Å². The number of piperazine rings is 1. The fourth-order valence-electron chi connectivity index (χ4n) is 3.81. The Morgan fingerprint density at radius 2 is 2.03 bits per heavy atom. The molecule has 1 aliphatic heterocycles. The molecule has 0 bridgehead atoms. The van der Waals surface area contributed by atoms with Gasteiger partial charge in [0.2, 0.25) is 11.8 Å². The average Bonchev–Trinajstić information content (AvgIpc) is 2.71. The number of urea groups is 1. The van der Waals surface area contributed by atoms with Crippen LogP contribution in [0.5, 0.6) is 5.88 Å². The number of nitrogens with two attached hydrogens (primary N) is 1. The van der Waals surface area contributed by atoms with Crippen LogP contribution in [0.3, 0.4) is 0 Å². The minimum absolute atomic E-state index is 0.0888. The van der Waals surface area contributed by atoms with Gasteiger partial charge in [0, 0.05) is 31.3 Å². The molecule has 3 N–H and O–H groups in total. The van der Waals surface area contributed by atoms with Crippen molar-refractivity contribution in [2.45, 2.75) is 24.6 Å². The summed E-state index contributed by atoms with van der Waals surface area (Å²) in [5.41, 5.74) is 4.53. The maximum atomic E-state index is 13.8. The van der Waals surface area contributed by atoms with Crippen molar-refractivity contribution in [1.82, 2.24) is 15.2 Å². The smallest absolute Gasteiger partial charge is 0.422 e. The van der Waals surface area contributed by atoms with Gasteiger partial charge in [-0.25, -0.2) is 14.2 Å². The second-order valence-electron chi connectivity index (χ2n) is 7.33. The van der Waals surface area contributed by atoms with Crippen LogP contribution in [0.25, 0.3) is 0 Å². The molecule has 7 nitrogen and oxygen atoms in total. The lowest BCUT2D eigenvalue weighted by Gasteiger charge is -2.47. The molecular formula is C20H19ClF4N4O3. The second-order valence-corrected chi connectivity index (χ2v) is 7.74. The molecule has 0 spiro atoms. The molecule has 0 saturated carbocycles. The van der Waals surface area contributed by atoms with Gasteiger partial charge in [-0.15, -0.1) is 0 Å². The van der Waals surface area contributed by atoms with Crippen molar-refractivity contribution in [1.29, 1.82) is 0 Å². The fourth-order valence-corrected chi connectivity index (χ4v) is 4.00. The van der Waals surface area contributed by atoms with E-state index in [9.17, 15) is 27.2 Å². The molecular weight excluding hydrogens is 456 g/mol. The predicted molar refractivity (Wildman–Crippen MR) is 107 cm³/mol. The van der Waals surface area contributed by atoms with Gasteiger partial charge in [-0.05, 0) is 36.2 Å². The Bertz CT molecular complexity index is 1040. The van der Waals surface area contributed by atoms with Crippen molar-refractivity contribution in [3.63, 3.8) is 0 Å². The number of amides is 3. The molecule has 0 radical (unpaired) electrons. The SMILES string of the molecule is CC1([C@H](c2ccnc(OCC(F)(F)F)c2)c2ccc(F)c(Cl)c2)C(=O)NCCN1C(N)=O. The first-order valence-corrected chi connectivity index (χ1v) is 9.77. The van der Waals surface area contributed by atoms with Gasteiger partial charge in [0.15, 0.2) is 6.61 Å². The molecule has 1 fully saturated rings. The number of alkyl halides is 3. The molecule has 1 unspecified atom stereocenters. The monoisotopic (exact) mass is 474 g/mol. The minimum Gasteiger partial charge on any atom is -0.468 e. The van der Waals surface area contributed by atoms with Gasteiger partial charge < -0.3 is 20.7 Å². The zero-order valence-electron chi connectivity index (χ0n) is 16.7. The first-order valence-electron chi connectivity index (χ1n) is 9.39. The summed E-state index contributed by atoms with van der Waals surface area (Å²) in [6, 6.07) is 5.54. The largest absolute Gasteiger partial charge is 0.468 e. The lowest BCUT2D eigenvalue weighted by Crippen LogP contribution is -2.68. The highest BCUT2D eigenvalue weighted by molar-refractivity contribution is 6.30. The van der Waals surface area contributed by atoms with Gasteiger partial charge in [-0.2, -0.15) is 13.2 Å². The summed E-state index contributed by atoms with van der Waals surface area (Å²) in [4.78, 5) is 30.2. The number of ether oxygens (including phenoxy) is 1. The lowest BCUT2D eigenvalue weighted by molar-refractivity contribution is -0.154. The maximum Gasteiger partial charge on any atom is 0.422 e. The predicted octanol–water partition coefficient (Wildman–Crippen LogP) is 3.22. The van der Waals surface area contributed by atoms with Crippen LogP contribution in [0.4, 0.5) is 22.4 Å². The summed E-state index contributed by atoms with van der Waals surface area (Å²) < 4.78 is 56.3. The molecule has 1 aromatic heterocycles. The van der Waals surface area contributed by atoms with Gasteiger partial charge in [0.1, 0.15) is 11.4 Å². The van der Waals surface area contributed by atoms with Gasteiger partial charge >= 0.3 is 12.2 Å². The molecule has 2 aromatic rings. The van der Waals surface area contributed by atoms with E-state index in [2.05, 4.69) is 10.3 Å². The topological polar surface area (TPSA) is 97.6 Å². The van der Waals surface area contributed by atoms with Crippen LogP contribution in [-0.4, -0.2) is 53.2 Å². The number of carbonyl (C=O) groups excluding carboxylic acids is 2. The zero-order chi connectivity index (χ0) is 23.7. The van der Waals surface area contributed by atoms with Crippen LogP contribution in [0.1, 0.15) is 24.0 Å². The molecule has 3 rings (SSSR count). The number of benzene rings is 1. The van der Waals surface area contributed by atoms with E-state index in [1.54, 1.807) is 0 Å². The highest BCUT2D eigenvalue weighted by Crippen LogP contribution is 2.42.